The summed E-state index contributed by atoms with van der Waals surface area (Å²) in [6, 6.07) is -0.217. The zero-order valence-corrected chi connectivity index (χ0v) is 13.7. The van der Waals surface area contributed by atoms with E-state index in [0.29, 0.717) is 13.0 Å². The first-order valence-electron chi connectivity index (χ1n) is 7.58. The molecule has 0 saturated carbocycles. The predicted molar refractivity (Wildman–Crippen MR) is 82.3 cm³/mol. The van der Waals surface area contributed by atoms with Crippen molar-refractivity contribution in [2.45, 2.75) is 52.0 Å². The molecule has 1 fully saturated rings. The van der Waals surface area contributed by atoms with Crippen LogP contribution in [0.15, 0.2) is 0 Å². The molecule has 0 aromatic heterocycles. The molecule has 1 saturated heterocycles. The van der Waals surface area contributed by atoms with Crippen LogP contribution in [-0.2, 0) is 4.79 Å². The Kier molecular flexibility index (Phi) is 6.01. The van der Waals surface area contributed by atoms with E-state index in [1.54, 1.807) is 0 Å². The van der Waals surface area contributed by atoms with Crippen molar-refractivity contribution in [3.63, 3.8) is 0 Å². The van der Waals surface area contributed by atoms with Gasteiger partial charge in [-0.25, -0.2) is 4.79 Å². The van der Waals surface area contributed by atoms with Gasteiger partial charge in [0.15, 0.2) is 0 Å². The molecule has 1 heterocycles. The first-order valence-corrected chi connectivity index (χ1v) is 7.58. The topological polar surface area (TPSA) is 81.7 Å². The zero-order valence-electron chi connectivity index (χ0n) is 13.7. The number of amides is 2. The number of nitrogens with zero attached hydrogens (tertiary/aromatic N) is 1. The van der Waals surface area contributed by atoms with E-state index in [4.69, 9.17) is 5.11 Å². The Morgan fingerprint density at radius 2 is 1.86 bits per heavy atom. The van der Waals surface area contributed by atoms with Gasteiger partial charge < -0.3 is 20.6 Å². The fraction of sp³-hybridized carbons (Fsp3) is 0.867. The lowest BCUT2D eigenvalue weighted by molar-refractivity contribution is -0.137. The molecular weight excluding hydrogens is 270 g/mol. The van der Waals surface area contributed by atoms with Crippen molar-refractivity contribution in [2.24, 2.45) is 5.41 Å². The van der Waals surface area contributed by atoms with Crippen molar-refractivity contribution < 1.29 is 14.7 Å². The quantitative estimate of drug-likeness (QED) is 0.696. The molecule has 0 aliphatic carbocycles. The molecular formula is C15H29N3O3. The second-order valence-electron chi connectivity index (χ2n) is 7.20. The standard InChI is InChI=1S/C15H29N3O3/c1-14(2,6-5-12(19)20)17-13(21)16-11-15(3)7-9-18(4)10-8-15/h5-11H2,1-4H3,(H,19,20)(H2,16,17,21). The van der Waals surface area contributed by atoms with Gasteiger partial charge in [-0.05, 0) is 58.7 Å². The Morgan fingerprint density at radius 1 is 1.29 bits per heavy atom. The number of hydrogen-bond acceptors (Lipinski definition) is 3. The van der Waals surface area contributed by atoms with Gasteiger partial charge in [-0.3, -0.25) is 4.79 Å². The van der Waals surface area contributed by atoms with Gasteiger partial charge >= 0.3 is 12.0 Å². The number of rotatable bonds is 6. The highest BCUT2D eigenvalue weighted by Gasteiger charge is 2.30. The predicted octanol–water partition coefficient (Wildman–Crippen LogP) is 1.66. The van der Waals surface area contributed by atoms with Crippen LogP contribution >= 0.6 is 0 Å². The van der Waals surface area contributed by atoms with Crippen molar-refractivity contribution in [3.05, 3.63) is 0 Å². The average Bonchev–Trinajstić information content (AvgIpc) is 2.38. The lowest BCUT2D eigenvalue weighted by Crippen LogP contribution is -2.51. The maximum atomic E-state index is 12.0. The second-order valence-corrected chi connectivity index (χ2v) is 7.20. The minimum Gasteiger partial charge on any atom is -0.481 e. The van der Waals surface area contributed by atoms with Crippen molar-refractivity contribution in [2.75, 3.05) is 26.7 Å². The summed E-state index contributed by atoms with van der Waals surface area (Å²) in [5.41, 5.74) is -0.370. The number of urea groups is 1. The third-order valence-corrected chi connectivity index (χ3v) is 4.29. The summed E-state index contributed by atoms with van der Waals surface area (Å²) < 4.78 is 0. The molecule has 0 radical (unpaired) electrons. The van der Waals surface area contributed by atoms with Crippen LogP contribution in [0.2, 0.25) is 0 Å². The fourth-order valence-electron chi connectivity index (χ4n) is 2.46. The number of likely N-dealkylation sites (tertiary alicyclic amines) is 1. The minimum absolute atomic E-state index is 0.0529. The van der Waals surface area contributed by atoms with E-state index in [-0.39, 0.29) is 17.9 Å². The highest BCUT2D eigenvalue weighted by molar-refractivity contribution is 5.75. The number of piperidine rings is 1. The summed E-state index contributed by atoms with van der Waals surface area (Å²) >= 11 is 0. The molecule has 0 aromatic carbocycles. The Morgan fingerprint density at radius 3 is 2.38 bits per heavy atom. The maximum Gasteiger partial charge on any atom is 0.315 e. The highest BCUT2D eigenvalue weighted by atomic mass is 16.4. The number of carboxylic acids is 1. The molecule has 2 amide bonds. The van der Waals surface area contributed by atoms with Crippen molar-refractivity contribution in [1.82, 2.24) is 15.5 Å². The monoisotopic (exact) mass is 299 g/mol. The molecule has 0 spiro atoms. The minimum atomic E-state index is -0.843. The van der Waals surface area contributed by atoms with E-state index in [2.05, 4.69) is 29.5 Å². The van der Waals surface area contributed by atoms with Crippen LogP contribution in [0.3, 0.4) is 0 Å². The molecule has 0 atom stereocenters. The molecule has 0 aromatic rings. The van der Waals surface area contributed by atoms with Gasteiger partial charge in [0.25, 0.3) is 0 Å². The van der Waals surface area contributed by atoms with Gasteiger partial charge in [-0.1, -0.05) is 6.92 Å². The molecule has 6 nitrogen and oxygen atoms in total. The van der Waals surface area contributed by atoms with E-state index >= 15 is 0 Å². The van der Waals surface area contributed by atoms with Gasteiger partial charge in [0.05, 0.1) is 0 Å². The Bertz CT molecular complexity index is 374. The van der Waals surface area contributed by atoms with Gasteiger partial charge in [-0.2, -0.15) is 0 Å². The molecule has 3 N–H and O–H groups in total. The Hall–Kier alpha value is -1.30. The number of nitrogens with one attached hydrogen (secondary N) is 2. The summed E-state index contributed by atoms with van der Waals surface area (Å²) in [5, 5.41) is 14.5. The van der Waals surface area contributed by atoms with Gasteiger partial charge in [0.2, 0.25) is 0 Å². The van der Waals surface area contributed by atoms with E-state index < -0.39 is 11.5 Å². The van der Waals surface area contributed by atoms with Crippen LogP contribution in [0, 0.1) is 5.41 Å². The smallest absolute Gasteiger partial charge is 0.315 e. The number of aliphatic carboxylic acids is 1. The lowest BCUT2D eigenvalue weighted by atomic mass is 9.80. The number of carboxylic acid groups (broad SMARTS) is 1. The van der Waals surface area contributed by atoms with Crippen LogP contribution in [0.4, 0.5) is 4.79 Å². The lowest BCUT2D eigenvalue weighted by Gasteiger charge is -2.38. The number of hydrogen-bond donors (Lipinski definition) is 3. The highest BCUT2D eigenvalue weighted by Crippen LogP contribution is 2.29. The van der Waals surface area contributed by atoms with Crippen LogP contribution < -0.4 is 10.6 Å². The van der Waals surface area contributed by atoms with Crippen LogP contribution in [0.25, 0.3) is 0 Å². The van der Waals surface area contributed by atoms with Crippen molar-refractivity contribution >= 4 is 12.0 Å². The van der Waals surface area contributed by atoms with Crippen LogP contribution in [0.1, 0.15) is 46.5 Å². The SMILES string of the molecule is CN1CCC(C)(CNC(=O)NC(C)(C)CCC(=O)O)CC1. The van der Waals surface area contributed by atoms with Crippen molar-refractivity contribution in [1.29, 1.82) is 0 Å². The average molecular weight is 299 g/mol. The maximum absolute atomic E-state index is 12.0. The Balaban J connectivity index is 2.34. The van der Waals surface area contributed by atoms with Crippen molar-refractivity contribution in [3.8, 4) is 0 Å². The number of carbonyl (C=O) groups excluding carboxylic acids is 1. The van der Waals surface area contributed by atoms with Crippen LogP contribution in [-0.4, -0.2) is 54.2 Å². The van der Waals surface area contributed by atoms with Gasteiger partial charge in [0.1, 0.15) is 0 Å². The molecule has 0 unspecified atom stereocenters. The second kappa shape index (κ2) is 7.11. The van der Waals surface area contributed by atoms with Gasteiger partial charge in [0, 0.05) is 18.5 Å². The third-order valence-electron chi connectivity index (χ3n) is 4.29. The normalized spacial score (nSPS) is 19.0. The van der Waals surface area contributed by atoms with Crippen LogP contribution in [0.5, 0.6) is 0 Å². The molecule has 0 bridgehead atoms. The molecule has 21 heavy (non-hydrogen) atoms. The van der Waals surface area contributed by atoms with E-state index in [9.17, 15) is 9.59 Å². The first-order chi connectivity index (χ1) is 9.62. The number of carbonyl (C=O) groups is 2. The largest absolute Gasteiger partial charge is 0.481 e. The van der Waals surface area contributed by atoms with Gasteiger partial charge in [-0.15, -0.1) is 0 Å². The van der Waals surface area contributed by atoms with E-state index in [1.807, 2.05) is 13.8 Å². The zero-order chi connectivity index (χ0) is 16.1. The summed E-state index contributed by atoms with van der Waals surface area (Å²) in [5.74, 6) is -0.843. The summed E-state index contributed by atoms with van der Waals surface area (Å²) in [6.07, 6.45) is 2.62. The Labute approximate surface area is 127 Å². The molecule has 1 rings (SSSR count). The fourth-order valence-corrected chi connectivity index (χ4v) is 2.46. The molecule has 122 valence electrons. The molecule has 1 aliphatic rings. The van der Waals surface area contributed by atoms with E-state index in [0.717, 1.165) is 25.9 Å². The third kappa shape index (κ3) is 6.80. The molecule has 1 aliphatic heterocycles. The summed E-state index contributed by atoms with van der Waals surface area (Å²) in [7, 11) is 2.12. The van der Waals surface area contributed by atoms with E-state index in [1.165, 1.54) is 0 Å². The summed E-state index contributed by atoms with van der Waals surface area (Å²) in [4.78, 5) is 24.9. The first kappa shape index (κ1) is 17.8. The molecule has 6 heteroatoms. The summed E-state index contributed by atoms with van der Waals surface area (Å²) in [6.45, 7) is 8.66.